The number of hydrogen-bond acceptors (Lipinski definition) is 3. The van der Waals surface area contributed by atoms with Crippen LogP contribution in [0.1, 0.15) is 26.7 Å². The number of hydrogen-bond donors (Lipinski definition) is 1. The Kier molecular flexibility index (Phi) is 10.4. The van der Waals surface area contributed by atoms with E-state index in [-0.39, 0.29) is 11.3 Å². The van der Waals surface area contributed by atoms with Crippen LogP contribution in [0.15, 0.2) is 0 Å². The summed E-state index contributed by atoms with van der Waals surface area (Å²) < 4.78 is 0. The maximum absolute atomic E-state index is 10.3. The van der Waals surface area contributed by atoms with E-state index in [0.29, 0.717) is 0 Å². The van der Waals surface area contributed by atoms with Crippen molar-refractivity contribution in [3.8, 4) is 0 Å². The van der Waals surface area contributed by atoms with Gasteiger partial charge in [0.2, 0.25) is 0 Å². The normalized spacial score (nSPS) is 8.22. The molecule has 0 atom stereocenters. The highest BCUT2D eigenvalue weighted by molar-refractivity contribution is 8.13. The molecule has 3 heteroatoms. The average Bonchev–Trinajstić information content (AvgIpc) is 1.66. The van der Waals surface area contributed by atoms with Gasteiger partial charge in [-0.05, 0) is 6.42 Å². The lowest BCUT2D eigenvalue weighted by atomic mass is 10.4. The van der Waals surface area contributed by atoms with Crippen molar-refractivity contribution >= 4 is 16.9 Å². The monoisotopic (exact) mass is 149 g/mol. The van der Waals surface area contributed by atoms with Crippen LogP contribution in [0.25, 0.3) is 0 Å². The van der Waals surface area contributed by atoms with Crippen LogP contribution in [0.3, 0.4) is 0 Å². The van der Waals surface area contributed by atoms with Crippen molar-refractivity contribution in [2.75, 3.05) is 5.75 Å². The molecule has 0 aromatic heterocycles. The molecule has 0 aliphatic carbocycles. The Morgan fingerprint density at radius 2 is 2.11 bits per heavy atom. The zero-order chi connectivity index (χ0) is 6.41. The lowest BCUT2D eigenvalue weighted by Gasteiger charge is -1.90. The molecule has 0 heterocycles. The van der Waals surface area contributed by atoms with Crippen LogP contribution in [0.4, 0.5) is 0 Å². The second-order valence-corrected chi connectivity index (χ2v) is 2.97. The quantitative estimate of drug-likeness (QED) is 0.626. The van der Waals surface area contributed by atoms with Crippen LogP contribution in [-0.2, 0) is 4.79 Å². The Hall–Kier alpha value is -0.0200. The van der Waals surface area contributed by atoms with Crippen LogP contribution in [0.5, 0.6) is 0 Å². The molecule has 0 saturated heterocycles. The molecule has 0 amide bonds. The lowest BCUT2D eigenvalue weighted by Crippen LogP contribution is -1.83. The van der Waals surface area contributed by atoms with Crippen LogP contribution >= 0.6 is 11.8 Å². The van der Waals surface area contributed by atoms with E-state index >= 15 is 0 Å². The zero-order valence-corrected chi connectivity index (χ0v) is 6.96. The topological polar surface area (TPSA) is 52.1 Å². The number of thioether (sulfide) groups is 1. The first-order valence-electron chi connectivity index (χ1n) is 2.90. The van der Waals surface area contributed by atoms with E-state index in [0.717, 1.165) is 12.2 Å². The minimum atomic E-state index is 0. The third kappa shape index (κ3) is 11.5. The highest BCUT2D eigenvalue weighted by Gasteiger charge is 1.90. The largest absolute Gasteiger partial charge is 0.344 e. The molecule has 0 fully saturated rings. The van der Waals surface area contributed by atoms with Gasteiger partial charge in [-0.3, -0.25) is 4.79 Å². The zero-order valence-electron chi connectivity index (χ0n) is 6.14. The summed E-state index contributed by atoms with van der Waals surface area (Å²) in [5.41, 5.74) is 0. The van der Waals surface area contributed by atoms with Gasteiger partial charge in [-0.2, -0.15) is 0 Å². The summed E-state index contributed by atoms with van der Waals surface area (Å²) in [6.45, 7) is 3.74. The molecule has 0 aromatic carbocycles. The Morgan fingerprint density at radius 3 is 2.44 bits per heavy atom. The van der Waals surface area contributed by atoms with Gasteiger partial charge in [0.25, 0.3) is 0 Å². The van der Waals surface area contributed by atoms with Crippen molar-refractivity contribution in [2.24, 2.45) is 0 Å². The molecule has 0 unspecified atom stereocenters. The molecule has 0 saturated carbocycles. The van der Waals surface area contributed by atoms with Crippen molar-refractivity contribution in [3.63, 3.8) is 0 Å². The van der Waals surface area contributed by atoms with E-state index in [1.54, 1.807) is 6.92 Å². The molecule has 9 heavy (non-hydrogen) atoms. The highest BCUT2D eigenvalue weighted by Crippen LogP contribution is 2.03. The number of carbonyl (C=O) groups excluding carboxylic acids is 1. The lowest BCUT2D eigenvalue weighted by molar-refractivity contribution is -0.109. The van der Waals surface area contributed by atoms with Gasteiger partial charge in [0.15, 0.2) is 5.12 Å². The Balaban J connectivity index is 0. The van der Waals surface area contributed by atoms with Crippen molar-refractivity contribution in [1.29, 1.82) is 0 Å². The molecule has 0 spiro atoms. The molecular formula is C6H15NOS. The summed E-state index contributed by atoms with van der Waals surface area (Å²) in [6, 6.07) is 0. The molecule has 0 aliphatic rings. The van der Waals surface area contributed by atoms with Gasteiger partial charge in [0, 0.05) is 12.7 Å². The summed E-state index contributed by atoms with van der Waals surface area (Å²) in [4.78, 5) is 10.3. The van der Waals surface area contributed by atoms with Crippen LogP contribution in [0, 0.1) is 0 Å². The van der Waals surface area contributed by atoms with Gasteiger partial charge < -0.3 is 6.15 Å². The molecular weight excluding hydrogens is 134 g/mol. The van der Waals surface area contributed by atoms with Crippen molar-refractivity contribution < 1.29 is 4.79 Å². The summed E-state index contributed by atoms with van der Waals surface area (Å²) >= 11 is 1.42. The van der Waals surface area contributed by atoms with E-state index in [9.17, 15) is 4.79 Å². The molecule has 56 valence electrons. The smallest absolute Gasteiger partial charge is 0.185 e. The highest BCUT2D eigenvalue weighted by atomic mass is 32.2. The first kappa shape index (κ1) is 11.7. The van der Waals surface area contributed by atoms with E-state index in [1.165, 1.54) is 18.2 Å². The predicted molar refractivity (Wildman–Crippen MR) is 43.1 cm³/mol. The summed E-state index contributed by atoms with van der Waals surface area (Å²) in [5, 5.41) is 0.235. The molecule has 0 aliphatic heterocycles. The third-order valence-corrected chi connectivity index (χ3v) is 1.70. The van der Waals surface area contributed by atoms with Crippen molar-refractivity contribution in [3.05, 3.63) is 0 Å². The molecule has 2 nitrogen and oxygen atoms in total. The molecule has 0 rings (SSSR count). The van der Waals surface area contributed by atoms with Gasteiger partial charge in [-0.1, -0.05) is 25.1 Å². The Bertz CT molecular complexity index is 75.5. The minimum Gasteiger partial charge on any atom is -0.344 e. The van der Waals surface area contributed by atoms with E-state index in [2.05, 4.69) is 6.92 Å². The molecule has 3 N–H and O–H groups in total. The molecule has 0 bridgehead atoms. The summed E-state index contributed by atoms with van der Waals surface area (Å²) in [7, 11) is 0. The Labute approximate surface area is 61.0 Å². The fraction of sp³-hybridized carbons (Fsp3) is 0.833. The van der Waals surface area contributed by atoms with Gasteiger partial charge in [-0.15, -0.1) is 0 Å². The van der Waals surface area contributed by atoms with E-state index in [4.69, 9.17) is 0 Å². The van der Waals surface area contributed by atoms with E-state index in [1.807, 2.05) is 0 Å². The second kappa shape index (κ2) is 7.98. The maximum Gasteiger partial charge on any atom is 0.185 e. The van der Waals surface area contributed by atoms with Gasteiger partial charge in [0.1, 0.15) is 0 Å². The fourth-order valence-electron chi connectivity index (χ4n) is 0.360. The SMILES string of the molecule is CCCCSC(C)=O.N. The number of unbranched alkanes of at least 4 members (excludes halogenated alkanes) is 1. The number of rotatable bonds is 3. The summed E-state index contributed by atoms with van der Waals surface area (Å²) in [6.07, 6.45) is 2.34. The van der Waals surface area contributed by atoms with Gasteiger partial charge >= 0.3 is 0 Å². The van der Waals surface area contributed by atoms with E-state index < -0.39 is 0 Å². The Morgan fingerprint density at radius 1 is 1.56 bits per heavy atom. The third-order valence-electron chi connectivity index (χ3n) is 0.803. The van der Waals surface area contributed by atoms with Crippen LogP contribution in [0.2, 0.25) is 0 Å². The standard InChI is InChI=1S/C6H12OS.H3N/c1-3-4-5-8-6(2)7;/h3-5H2,1-2H3;1H3. The average molecular weight is 149 g/mol. The fourth-order valence-corrected chi connectivity index (χ4v) is 1.08. The number of carbonyl (C=O) groups is 1. The molecule has 0 aromatic rings. The van der Waals surface area contributed by atoms with Crippen LogP contribution in [-0.4, -0.2) is 10.9 Å². The van der Waals surface area contributed by atoms with Crippen molar-refractivity contribution in [1.82, 2.24) is 6.15 Å². The first-order valence-corrected chi connectivity index (χ1v) is 3.89. The van der Waals surface area contributed by atoms with Gasteiger partial charge in [-0.25, -0.2) is 0 Å². The van der Waals surface area contributed by atoms with Crippen LogP contribution < -0.4 is 6.15 Å². The van der Waals surface area contributed by atoms with Gasteiger partial charge in [0.05, 0.1) is 0 Å². The summed E-state index contributed by atoms with van der Waals surface area (Å²) in [5.74, 6) is 0.992. The first-order chi connectivity index (χ1) is 3.77. The molecule has 0 radical (unpaired) electrons. The predicted octanol–water partition coefficient (Wildman–Crippen LogP) is 2.23. The van der Waals surface area contributed by atoms with Crippen molar-refractivity contribution in [2.45, 2.75) is 26.7 Å². The maximum atomic E-state index is 10.3. The minimum absolute atomic E-state index is 0. The second-order valence-electron chi connectivity index (χ2n) is 1.69.